The van der Waals surface area contributed by atoms with E-state index in [-0.39, 0.29) is 5.82 Å². The fourth-order valence-electron chi connectivity index (χ4n) is 0.919. The first-order chi connectivity index (χ1) is 6.79. The highest BCUT2D eigenvalue weighted by molar-refractivity contribution is 5.54. The van der Waals surface area contributed by atoms with E-state index in [0.717, 1.165) is 10.9 Å². The summed E-state index contributed by atoms with van der Waals surface area (Å²) >= 11 is 0. The van der Waals surface area contributed by atoms with Gasteiger partial charge in [0.25, 0.3) is 0 Å². The van der Waals surface area contributed by atoms with Crippen molar-refractivity contribution in [1.29, 1.82) is 0 Å². The van der Waals surface area contributed by atoms with Gasteiger partial charge in [0.2, 0.25) is 5.82 Å². The van der Waals surface area contributed by atoms with Crippen LogP contribution in [0.1, 0.15) is 0 Å². The Kier molecular flexibility index (Phi) is 2.82. The predicted molar refractivity (Wildman–Crippen MR) is 44.4 cm³/mol. The third kappa shape index (κ3) is 3.11. The molecule has 1 aromatic heterocycles. The first-order valence-corrected chi connectivity index (χ1v) is 3.78. The fourth-order valence-corrected chi connectivity index (χ4v) is 0.919. The van der Waals surface area contributed by atoms with Crippen LogP contribution in [0.5, 0.6) is 0 Å². The van der Waals surface area contributed by atoms with Gasteiger partial charge in [-0.1, -0.05) is 0 Å². The van der Waals surface area contributed by atoms with Crippen LogP contribution in [0, 0.1) is 10.1 Å². The average molecular weight is 224 g/mol. The van der Waals surface area contributed by atoms with Crippen molar-refractivity contribution in [3.63, 3.8) is 0 Å². The molecular weight excluding hydrogens is 217 g/mol. The Hall–Kier alpha value is -1.80. The molecule has 0 atom stereocenters. The molecule has 0 aliphatic heterocycles. The Labute approximate surface area is 81.8 Å². The molecule has 0 aromatic carbocycles. The molecule has 1 aromatic rings. The molecule has 84 valence electrons. The number of anilines is 1. The van der Waals surface area contributed by atoms with E-state index in [1.807, 2.05) is 5.32 Å². The van der Waals surface area contributed by atoms with Crippen LogP contribution in [-0.4, -0.2) is 27.4 Å². The Morgan fingerprint density at radius 1 is 1.67 bits per heavy atom. The molecule has 1 N–H and O–H groups in total. The Morgan fingerprint density at radius 2 is 2.27 bits per heavy atom. The van der Waals surface area contributed by atoms with Crippen molar-refractivity contribution in [3.05, 3.63) is 16.3 Å². The molecule has 0 saturated heterocycles. The number of aromatic nitrogens is 2. The van der Waals surface area contributed by atoms with E-state index in [1.54, 1.807) is 0 Å². The Bertz CT molecular complexity index is 373. The lowest BCUT2D eigenvalue weighted by Crippen LogP contribution is -2.21. The number of aryl methyl sites for hydroxylation is 1. The lowest BCUT2D eigenvalue weighted by atomic mass is 10.5. The number of hydrogen-bond acceptors (Lipinski definition) is 4. The van der Waals surface area contributed by atoms with Gasteiger partial charge in [0.05, 0.1) is 4.92 Å². The summed E-state index contributed by atoms with van der Waals surface area (Å²) in [5.74, 6) is -0.389. The van der Waals surface area contributed by atoms with Crippen molar-refractivity contribution in [2.24, 2.45) is 7.05 Å². The third-order valence-corrected chi connectivity index (χ3v) is 1.46. The third-order valence-electron chi connectivity index (χ3n) is 1.46. The number of nitro groups is 1. The minimum Gasteiger partial charge on any atom is -0.354 e. The van der Waals surface area contributed by atoms with E-state index in [2.05, 4.69) is 5.10 Å². The lowest BCUT2D eigenvalue weighted by molar-refractivity contribution is -0.384. The van der Waals surface area contributed by atoms with Crippen molar-refractivity contribution < 1.29 is 18.1 Å². The minimum absolute atomic E-state index is 0.389. The van der Waals surface area contributed by atoms with Crippen molar-refractivity contribution >= 4 is 11.5 Å². The van der Waals surface area contributed by atoms with Crippen molar-refractivity contribution in [2.45, 2.75) is 6.18 Å². The van der Waals surface area contributed by atoms with Crippen LogP contribution in [-0.2, 0) is 7.05 Å². The van der Waals surface area contributed by atoms with Crippen LogP contribution in [0.15, 0.2) is 6.20 Å². The molecule has 0 aliphatic rings. The zero-order valence-corrected chi connectivity index (χ0v) is 7.58. The van der Waals surface area contributed by atoms with Crippen molar-refractivity contribution in [2.75, 3.05) is 11.9 Å². The zero-order chi connectivity index (χ0) is 11.6. The highest BCUT2D eigenvalue weighted by Crippen LogP contribution is 2.23. The zero-order valence-electron chi connectivity index (χ0n) is 7.58. The van der Waals surface area contributed by atoms with Gasteiger partial charge in [-0.25, -0.2) is 0 Å². The molecule has 0 saturated carbocycles. The summed E-state index contributed by atoms with van der Waals surface area (Å²) in [5.41, 5.74) is -0.484. The van der Waals surface area contributed by atoms with Gasteiger partial charge >= 0.3 is 11.9 Å². The van der Waals surface area contributed by atoms with Gasteiger partial charge in [-0.3, -0.25) is 14.8 Å². The first kappa shape index (κ1) is 11.3. The first-order valence-electron chi connectivity index (χ1n) is 3.78. The largest absolute Gasteiger partial charge is 0.405 e. The number of hydrogen-bond donors (Lipinski definition) is 1. The summed E-state index contributed by atoms with van der Waals surface area (Å²) in [6, 6.07) is 0. The maximum Gasteiger partial charge on any atom is 0.405 e. The number of alkyl halides is 3. The predicted octanol–water partition coefficient (Wildman–Crippen LogP) is 1.30. The van der Waals surface area contributed by atoms with Gasteiger partial charge in [0.15, 0.2) is 0 Å². The van der Waals surface area contributed by atoms with Crippen molar-refractivity contribution in [3.8, 4) is 0 Å². The Morgan fingerprint density at radius 3 is 2.73 bits per heavy atom. The van der Waals surface area contributed by atoms with Crippen LogP contribution in [0.4, 0.5) is 24.7 Å². The monoisotopic (exact) mass is 224 g/mol. The number of rotatable bonds is 3. The fraction of sp³-hybridized carbons (Fsp3) is 0.500. The van der Waals surface area contributed by atoms with E-state index in [9.17, 15) is 23.3 Å². The van der Waals surface area contributed by atoms with Gasteiger partial charge in [0.1, 0.15) is 12.7 Å². The molecule has 1 heterocycles. The number of nitrogens with one attached hydrogen (secondary N) is 1. The second-order valence-corrected chi connectivity index (χ2v) is 2.76. The van der Waals surface area contributed by atoms with E-state index >= 15 is 0 Å². The van der Waals surface area contributed by atoms with E-state index < -0.39 is 23.3 Å². The molecule has 0 unspecified atom stereocenters. The molecule has 6 nitrogen and oxygen atoms in total. The SMILES string of the molecule is Cn1cc([N+](=O)[O-])c(NCC(F)(F)F)n1. The number of halogens is 3. The van der Waals surface area contributed by atoms with Crippen LogP contribution >= 0.6 is 0 Å². The molecule has 15 heavy (non-hydrogen) atoms. The van der Waals surface area contributed by atoms with Gasteiger partial charge in [-0.15, -0.1) is 5.10 Å². The maximum atomic E-state index is 11.8. The lowest BCUT2D eigenvalue weighted by Gasteiger charge is -2.06. The van der Waals surface area contributed by atoms with Crippen LogP contribution < -0.4 is 5.32 Å². The molecular formula is C6H7F3N4O2. The van der Waals surface area contributed by atoms with Crippen molar-refractivity contribution in [1.82, 2.24) is 9.78 Å². The standard InChI is InChI=1S/C6H7F3N4O2/c1-12-2-4(13(14)15)5(11-12)10-3-6(7,8)9/h2H,3H2,1H3,(H,10,11). The summed E-state index contributed by atoms with van der Waals surface area (Å²) in [5, 5.41) is 15.7. The quantitative estimate of drug-likeness (QED) is 0.620. The van der Waals surface area contributed by atoms with E-state index in [0.29, 0.717) is 0 Å². The van der Waals surface area contributed by atoms with Crippen LogP contribution in [0.2, 0.25) is 0 Å². The van der Waals surface area contributed by atoms with Crippen LogP contribution in [0.25, 0.3) is 0 Å². The molecule has 1 rings (SSSR count). The van der Waals surface area contributed by atoms with Gasteiger partial charge < -0.3 is 5.32 Å². The summed E-state index contributed by atoms with van der Waals surface area (Å²) in [6.07, 6.45) is -3.41. The molecule has 0 bridgehead atoms. The van der Waals surface area contributed by atoms with Gasteiger partial charge in [-0.2, -0.15) is 13.2 Å². The second kappa shape index (κ2) is 3.75. The summed E-state index contributed by atoms with van der Waals surface area (Å²) in [7, 11) is 1.38. The Balaban J connectivity index is 2.80. The smallest absolute Gasteiger partial charge is 0.354 e. The number of nitrogens with zero attached hydrogens (tertiary/aromatic N) is 3. The minimum atomic E-state index is -4.44. The van der Waals surface area contributed by atoms with Gasteiger partial charge in [0, 0.05) is 7.05 Å². The van der Waals surface area contributed by atoms with E-state index in [1.165, 1.54) is 7.05 Å². The summed E-state index contributed by atoms with van der Waals surface area (Å²) in [4.78, 5) is 9.59. The summed E-state index contributed by atoms with van der Waals surface area (Å²) < 4.78 is 36.5. The molecule has 0 radical (unpaired) electrons. The maximum absolute atomic E-state index is 11.8. The molecule has 0 aliphatic carbocycles. The average Bonchev–Trinajstić information content (AvgIpc) is 2.42. The topological polar surface area (TPSA) is 73.0 Å². The second-order valence-electron chi connectivity index (χ2n) is 2.76. The molecule has 9 heteroatoms. The molecule has 0 spiro atoms. The van der Waals surface area contributed by atoms with Crippen LogP contribution in [0.3, 0.4) is 0 Å². The summed E-state index contributed by atoms with van der Waals surface area (Å²) in [6.45, 7) is -1.36. The highest BCUT2D eigenvalue weighted by Gasteiger charge is 2.29. The van der Waals surface area contributed by atoms with E-state index in [4.69, 9.17) is 0 Å². The highest BCUT2D eigenvalue weighted by atomic mass is 19.4. The molecule has 0 fully saturated rings. The molecule has 0 amide bonds. The normalized spacial score (nSPS) is 11.5. The van der Waals surface area contributed by atoms with Gasteiger partial charge in [-0.05, 0) is 0 Å².